The monoisotopic (exact) mass is 257 g/mol. The SMILES string of the molecule is CCCc1nc(Cl)cc(NCC(C)(C)OC)n1. The predicted molar refractivity (Wildman–Crippen MR) is 70.6 cm³/mol. The van der Waals surface area contributed by atoms with Gasteiger partial charge in [-0.3, -0.25) is 0 Å². The molecule has 5 heteroatoms. The van der Waals surface area contributed by atoms with Crippen molar-refractivity contribution in [2.45, 2.75) is 39.2 Å². The van der Waals surface area contributed by atoms with E-state index in [9.17, 15) is 0 Å². The second kappa shape index (κ2) is 6.17. The van der Waals surface area contributed by atoms with Crippen LogP contribution in [0.25, 0.3) is 0 Å². The van der Waals surface area contributed by atoms with Crippen molar-refractivity contribution in [3.63, 3.8) is 0 Å². The van der Waals surface area contributed by atoms with Gasteiger partial charge >= 0.3 is 0 Å². The highest BCUT2D eigenvalue weighted by molar-refractivity contribution is 6.29. The van der Waals surface area contributed by atoms with Crippen LogP contribution in [0.2, 0.25) is 5.15 Å². The maximum absolute atomic E-state index is 5.95. The molecular weight excluding hydrogens is 238 g/mol. The van der Waals surface area contributed by atoms with Gasteiger partial charge in [-0.05, 0) is 20.3 Å². The van der Waals surface area contributed by atoms with Gasteiger partial charge < -0.3 is 10.1 Å². The van der Waals surface area contributed by atoms with Crippen molar-refractivity contribution in [1.82, 2.24) is 9.97 Å². The fourth-order valence-corrected chi connectivity index (χ4v) is 1.47. The zero-order valence-electron chi connectivity index (χ0n) is 10.9. The Balaban J connectivity index is 2.70. The molecule has 0 saturated carbocycles. The lowest BCUT2D eigenvalue weighted by Crippen LogP contribution is -2.32. The second-order valence-electron chi connectivity index (χ2n) is 4.56. The first-order chi connectivity index (χ1) is 7.96. The Morgan fingerprint density at radius 3 is 2.71 bits per heavy atom. The summed E-state index contributed by atoms with van der Waals surface area (Å²) in [5.41, 5.74) is -0.234. The fraction of sp³-hybridized carbons (Fsp3) is 0.667. The number of nitrogens with one attached hydrogen (secondary N) is 1. The molecule has 0 saturated heterocycles. The first-order valence-electron chi connectivity index (χ1n) is 5.79. The molecule has 1 aromatic heterocycles. The number of rotatable bonds is 6. The lowest BCUT2D eigenvalue weighted by atomic mass is 10.1. The van der Waals surface area contributed by atoms with Crippen LogP contribution in [0.15, 0.2) is 6.07 Å². The van der Waals surface area contributed by atoms with E-state index >= 15 is 0 Å². The Labute approximate surface area is 108 Å². The van der Waals surface area contributed by atoms with Gasteiger partial charge in [0.2, 0.25) is 0 Å². The average molecular weight is 258 g/mol. The molecule has 17 heavy (non-hydrogen) atoms. The van der Waals surface area contributed by atoms with Gasteiger partial charge in [0.1, 0.15) is 16.8 Å². The quantitative estimate of drug-likeness (QED) is 0.796. The van der Waals surface area contributed by atoms with Crippen molar-refractivity contribution in [2.75, 3.05) is 19.0 Å². The third-order valence-corrected chi connectivity index (χ3v) is 2.66. The largest absolute Gasteiger partial charge is 0.377 e. The van der Waals surface area contributed by atoms with E-state index in [4.69, 9.17) is 16.3 Å². The maximum atomic E-state index is 5.95. The van der Waals surface area contributed by atoms with Crippen LogP contribution in [0, 0.1) is 0 Å². The van der Waals surface area contributed by atoms with Gasteiger partial charge in [0.05, 0.1) is 5.60 Å². The van der Waals surface area contributed by atoms with Gasteiger partial charge in [0, 0.05) is 26.1 Å². The van der Waals surface area contributed by atoms with E-state index in [0.717, 1.165) is 24.5 Å². The molecule has 0 aliphatic heterocycles. The molecule has 4 nitrogen and oxygen atoms in total. The van der Waals surface area contributed by atoms with Crippen LogP contribution >= 0.6 is 11.6 Å². The molecule has 0 spiro atoms. The summed E-state index contributed by atoms with van der Waals surface area (Å²) >= 11 is 5.95. The van der Waals surface area contributed by atoms with E-state index in [1.165, 1.54) is 0 Å². The van der Waals surface area contributed by atoms with Crippen LogP contribution in [0.1, 0.15) is 33.0 Å². The molecule has 1 aromatic rings. The maximum Gasteiger partial charge on any atom is 0.134 e. The molecule has 1 N–H and O–H groups in total. The van der Waals surface area contributed by atoms with Gasteiger partial charge in [-0.25, -0.2) is 9.97 Å². The van der Waals surface area contributed by atoms with Crippen LogP contribution in [0.5, 0.6) is 0 Å². The predicted octanol–water partition coefficient (Wildman–Crippen LogP) is 2.92. The molecule has 0 bridgehead atoms. The summed E-state index contributed by atoms with van der Waals surface area (Å²) in [6.45, 7) is 6.78. The van der Waals surface area contributed by atoms with Crippen LogP contribution < -0.4 is 5.32 Å². The first kappa shape index (κ1) is 14.2. The summed E-state index contributed by atoms with van der Waals surface area (Å²) in [4.78, 5) is 8.57. The van der Waals surface area contributed by atoms with Crippen LogP contribution in [0.3, 0.4) is 0 Å². The lowest BCUT2D eigenvalue weighted by molar-refractivity contribution is 0.0343. The molecule has 0 radical (unpaired) electrons. The minimum Gasteiger partial charge on any atom is -0.377 e. The Morgan fingerprint density at radius 1 is 1.41 bits per heavy atom. The van der Waals surface area contributed by atoms with Gasteiger partial charge in [0.15, 0.2) is 0 Å². The fourth-order valence-electron chi connectivity index (χ4n) is 1.27. The molecule has 96 valence electrons. The summed E-state index contributed by atoms with van der Waals surface area (Å²) in [6, 6.07) is 1.73. The molecule has 0 aliphatic carbocycles. The molecular formula is C12H20ClN3O. The number of methoxy groups -OCH3 is 1. The Hall–Kier alpha value is -0.870. The Bertz CT molecular complexity index is 369. The normalized spacial score (nSPS) is 11.6. The molecule has 1 rings (SSSR count). The van der Waals surface area contributed by atoms with Crippen LogP contribution in [0.4, 0.5) is 5.82 Å². The Kier molecular flexibility index (Phi) is 5.15. The summed E-state index contributed by atoms with van der Waals surface area (Å²) in [5.74, 6) is 1.52. The first-order valence-corrected chi connectivity index (χ1v) is 6.17. The van der Waals surface area contributed by atoms with Crippen molar-refractivity contribution in [2.24, 2.45) is 0 Å². The van der Waals surface area contributed by atoms with Crippen molar-refractivity contribution in [1.29, 1.82) is 0 Å². The number of nitrogens with zero attached hydrogens (tertiary/aromatic N) is 2. The molecule has 0 amide bonds. The van der Waals surface area contributed by atoms with Gasteiger partial charge in [0.25, 0.3) is 0 Å². The highest BCUT2D eigenvalue weighted by Gasteiger charge is 2.16. The van der Waals surface area contributed by atoms with Crippen LogP contribution in [-0.4, -0.2) is 29.2 Å². The smallest absolute Gasteiger partial charge is 0.134 e. The van der Waals surface area contributed by atoms with Gasteiger partial charge in [-0.15, -0.1) is 0 Å². The molecule has 0 fully saturated rings. The zero-order chi connectivity index (χ0) is 12.9. The molecule has 0 aliphatic rings. The van der Waals surface area contributed by atoms with Crippen molar-refractivity contribution < 1.29 is 4.74 Å². The molecule has 0 unspecified atom stereocenters. The van der Waals surface area contributed by atoms with E-state index in [0.29, 0.717) is 11.7 Å². The zero-order valence-corrected chi connectivity index (χ0v) is 11.6. The minimum atomic E-state index is -0.234. The molecule has 0 aromatic carbocycles. The Morgan fingerprint density at radius 2 is 2.12 bits per heavy atom. The number of aromatic nitrogens is 2. The highest BCUT2D eigenvalue weighted by atomic mass is 35.5. The topological polar surface area (TPSA) is 47.0 Å². The van der Waals surface area contributed by atoms with Gasteiger partial charge in [-0.2, -0.15) is 0 Å². The molecule has 1 heterocycles. The van der Waals surface area contributed by atoms with E-state index < -0.39 is 0 Å². The van der Waals surface area contributed by atoms with Crippen molar-refractivity contribution in [3.05, 3.63) is 17.0 Å². The summed E-state index contributed by atoms with van der Waals surface area (Å²) in [5, 5.41) is 3.69. The number of hydrogen-bond acceptors (Lipinski definition) is 4. The number of aryl methyl sites for hydroxylation is 1. The van der Waals surface area contributed by atoms with Crippen molar-refractivity contribution >= 4 is 17.4 Å². The lowest BCUT2D eigenvalue weighted by Gasteiger charge is -2.23. The van der Waals surface area contributed by atoms with Crippen LogP contribution in [-0.2, 0) is 11.2 Å². The highest BCUT2D eigenvalue weighted by Crippen LogP contribution is 2.14. The summed E-state index contributed by atoms with van der Waals surface area (Å²) in [7, 11) is 1.69. The standard InChI is InChI=1S/C12H20ClN3O/c1-5-6-10-15-9(13)7-11(16-10)14-8-12(2,3)17-4/h7H,5-6,8H2,1-4H3,(H,14,15,16). The van der Waals surface area contributed by atoms with E-state index in [-0.39, 0.29) is 5.60 Å². The number of halogens is 1. The number of hydrogen-bond donors (Lipinski definition) is 1. The molecule has 0 atom stereocenters. The second-order valence-corrected chi connectivity index (χ2v) is 4.95. The van der Waals surface area contributed by atoms with E-state index in [1.807, 2.05) is 13.8 Å². The third kappa shape index (κ3) is 4.88. The summed E-state index contributed by atoms with van der Waals surface area (Å²) in [6.07, 6.45) is 1.84. The minimum absolute atomic E-state index is 0.234. The number of ether oxygens (including phenoxy) is 1. The van der Waals surface area contributed by atoms with E-state index in [2.05, 4.69) is 22.2 Å². The number of anilines is 1. The third-order valence-electron chi connectivity index (χ3n) is 2.46. The van der Waals surface area contributed by atoms with Crippen molar-refractivity contribution in [3.8, 4) is 0 Å². The summed E-state index contributed by atoms with van der Waals surface area (Å²) < 4.78 is 5.33. The average Bonchev–Trinajstić information content (AvgIpc) is 2.26. The van der Waals surface area contributed by atoms with Gasteiger partial charge in [-0.1, -0.05) is 18.5 Å². The van der Waals surface area contributed by atoms with E-state index in [1.54, 1.807) is 13.2 Å².